The molecule has 1 aliphatic heterocycles. The average Bonchev–Trinajstić information content (AvgIpc) is 2.56. The predicted octanol–water partition coefficient (Wildman–Crippen LogP) is 1.68. The summed E-state index contributed by atoms with van der Waals surface area (Å²) in [5.74, 6) is 0.163. The quantitative estimate of drug-likeness (QED) is 0.837. The fourth-order valence-electron chi connectivity index (χ4n) is 1.91. The minimum absolute atomic E-state index is 0.144. The summed E-state index contributed by atoms with van der Waals surface area (Å²) in [5, 5.41) is 14.4. The molecule has 1 aromatic carbocycles. The van der Waals surface area contributed by atoms with Crippen molar-refractivity contribution in [3.05, 3.63) is 59.8 Å². The summed E-state index contributed by atoms with van der Waals surface area (Å²) < 4.78 is 5.35. The Balaban J connectivity index is 2.05. The maximum absolute atomic E-state index is 12.0. The molecule has 0 N–H and O–H groups in total. The van der Waals surface area contributed by atoms with E-state index in [0.29, 0.717) is 5.90 Å². The van der Waals surface area contributed by atoms with Crippen molar-refractivity contribution >= 4 is 17.6 Å². The highest BCUT2D eigenvalue weighted by molar-refractivity contribution is 6.04. The Bertz CT molecular complexity index is 750. The van der Waals surface area contributed by atoms with Crippen LogP contribution in [0.15, 0.2) is 53.8 Å². The number of ether oxygens (including phenoxy) is 1. The maximum Gasteiger partial charge on any atom is 0.286 e. The van der Waals surface area contributed by atoms with Crippen LogP contribution in [0.3, 0.4) is 0 Å². The summed E-state index contributed by atoms with van der Waals surface area (Å²) >= 11 is 0. The van der Waals surface area contributed by atoms with Crippen molar-refractivity contribution in [2.75, 3.05) is 11.6 Å². The van der Waals surface area contributed by atoms with Crippen LogP contribution in [0.1, 0.15) is 11.1 Å². The molecule has 2 aromatic rings. The molecule has 0 unspecified atom stereocenters. The molecule has 0 radical (unpaired) electrons. The number of hydrogen-bond donors (Lipinski definition) is 0. The first-order chi connectivity index (χ1) is 10.3. The number of hydrazone groups is 1. The number of benzene rings is 1. The van der Waals surface area contributed by atoms with Gasteiger partial charge in [0.15, 0.2) is 12.4 Å². The second kappa shape index (κ2) is 5.43. The van der Waals surface area contributed by atoms with Gasteiger partial charge in [0.05, 0.1) is 5.56 Å². The molecular weight excluding hydrogens is 268 g/mol. The van der Waals surface area contributed by atoms with Crippen LogP contribution in [0, 0.1) is 11.3 Å². The lowest BCUT2D eigenvalue weighted by atomic mass is 10.2. The van der Waals surface area contributed by atoms with Gasteiger partial charge in [-0.05, 0) is 24.3 Å². The Morgan fingerprint density at radius 1 is 1.19 bits per heavy atom. The van der Waals surface area contributed by atoms with E-state index in [4.69, 9.17) is 10.00 Å². The van der Waals surface area contributed by atoms with Crippen molar-refractivity contribution in [2.24, 2.45) is 5.10 Å². The van der Waals surface area contributed by atoms with Gasteiger partial charge in [-0.25, -0.2) is 4.98 Å². The molecule has 3 rings (SSSR count). The smallest absolute Gasteiger partial charge is 0.286 e. The third kappa shape index (κ3) is 2.44. The number of nitrogens with zero attached hydrogens (tertiary/aromatic N) is 4. The van der Waals surface area contributed by atoms with Crippen molar-refractivity contribution in [2.45, 2.75) is 0 Å². The van der Waals surface area contributed by atoms with E-state index in [0.717, 1.165) is 10.6 Å². The highest BCUT2D eigenvalue weighted by Crippen LogP contribution is 2.20. The van der Waals surface area contributed by atoms with Crippen LogP contribution in [0.4, 0.5) is 5.82 Å². The SMILES string of the molecule is N#Cc1cccnc1N1N=C(c2ccccc2)OCC1=O. The third-order valence-electron chi connectivity index (χ3n) is 2.89. The van der Waals surface area contributed by atoms with Crippen LogP contribution in [-0.4, -0.2) is 23.4 Å². The van der Waals surface area contributed by atoms with Gasteiger partial charge in [-0.1, -0.05) is 18.2 Å². The Morgan fingerprint density at radius 2 is 2.00 bits per heavy atom. The molecule has 1 aliphatic rings. The molecular formula is C15H10N4O2. The molecule has 0 saturated heterocycles. The van der Waals surface area contributed by atoms with Crippen LogP contribution in [0.2, 0.25) is 0 Å². The first kappa shape index (κ1) is 12.8. The summed E-state index contributed by atoms with van der Waals surface area (Å²) in [5.41, 5.74) is 1.04. The van der Waals surface area contributed by atoms with Crippen molar-refractivity contribution in [1.82, 2.24) is 4.98 Å². The van der Waals surface area contributed by atoms with Crippen LogP contribution in [0.25, 0.3) is 0 Å². The Kier molecular flexibility index (Phi) is 3.31. The molecule has 0 spiro atoms. The summed E-state index contributed by atoms with van der Waals surface area (Å²) in [7, 11) is 0. The zero-order valence-corrected chi connectivity index (χ0v) is 10.9. The highest BCUT2D eigenvalue weighted by Gasteiger charge is 2.26. The number of aromatic nitrogens is 1. The van der Waals surface area contributed by atoms with Gasteiger partial charge in [-0.3, -0.25) is 4.79 Å². The van der Waals surface area contributed by atoms with Gasteiger partial charge in [-0.15, -0.1) is 5.10 Å². The molecule has 0 atom stereocenters. The van der Waals surface area contributed by atoms with Gasteiger partial charge in [0.25, 0.3) is 5.91 Å². The number of rotatable bonds is 2. The molecule has 2 heterocycles. The number of anilines is 1. The average molecular weight is 278 g/mol. The standard InChI is InChI=1S/C15H10N4O2/c16-9-12-7-4-8-17-14(12)19-13(20)10-21-15(18-19)11-5-2-1-3-6-11/h1-8H,10H2. The zero-order valence-electron chi connectivity index (χ0n) is 10.9. The second-order valence-electron chi connectivity index (χ2n) is 4.25. The molecule has 102 valence electrons. The number of carbonyl (C=O) groups excluding carboxylic acids is 1. The molecule has 1 amide bonds. The molecule has 0 bridgehead atoms. The Hall–Kier alpha value is -3.20. The van der Waals surface area contributed by atoms with Crippen LogP contribution < -0.4 is 5.01 Å². The third-order valence-corrected chi connectivity index (χ3v) is 2.89. The summed E-state index contributed by atoms with van der Waals surface area (Å²) in [6.45, 7) is -0.144. The fourth-order valence-corrected chi connectivity index (χ4v) is 1.91. The minimum atomic E-state index is -0.370. The van der Waals surface area contributed by atoms with Crippen molar-refractivity contribution in [1.29, 1.82) is 5.26 Å². The minimum Gasteiger partial charge on any atom is -0.466 e. The largest absolute Gasteiger partial charge is 0.466 e. The van der Waals surface area contributed by atoms with E-state index >= 15 is 0 Å². The highest BCUT2D eigenvalue weighted by atomic mass is 16.5. The van der Waals surface area contributed by atoms with Gasteiger partial charge in [0, 0.05) is 11.8 Å². The number of nitriles is 1. The van der Waals surface area contributed by atoms with Gasteiger partial charge in [0.1, 0.15) is 6.07 Å². The maximum atomic E-state index is 12.0. The normalized spacial score (nSPS) is 14.1. The van der Waals surface area contributed by atoms with Gasteiger partial charge in [0.2, 0.25) is 5.90 Å². The number of amides is 1. The summed E-state index contributed by atoms with van der Waals surface area (Å²) in [6.07, 6.45) is 1.51. The van der Waals surface area contributed by atoms with Crippen molar-refractivity contribution in [3.63, 3.8) is 0 Å². The fraction of sp³-hybridized carbons (Fsp3) is 0.0667. The van der Waals surface area contributed by atoms with E-state index in [1.54, 1.807) is 12.1 Å². The molecule has 0 fully saturated rings. The van der Waals surface area contributed by atoms with E-state index in [9.17, 15) is 4.79 Å². The number of hydrogen-bond acceptors (Lipinski definition) is 5. The molecule has 6 heteroatoms. The van der Waals surface area contributed by atoms with Gasteiger partial charge < -0.3 is 4.74 Å². The number of pyridine rings is 1. The number of carbonyl (C=O) groups is 1. The molecule has 0 saturated carbocycles. The summed E-state index contributed by atoms with van der Waals surface area (Å²) in [4.78, 5) is 16.1. The van der Waals surface area contributed by atoms with E-state index in [1.165, 1.54) is 6.20 Å². The van der Waals surface area contributed by atoms with Crippen molar-refractivity contribution < 1.29 is 9.53 Å². The first-order valence-electron chi connectivity index (χ1n) is 6.24. The zero-order chi connectivity index (χ0) is 14.7. The molecule has 6 nitrogen and oxygen atoms in total. The predicted molar refractivity (Wildman–Crippen MR) is 75.4 cm³/mol. The van der Waals surface area contributed by atoms with E-state index in [-0.39, 0.29) is 23.9 Å². The Labute approximate surface area is 120 Å². The molecule has 21 heavy (non-hydrogen) atoms. The second-order valence-corrected chi connectivity index (χ2v) is 4.25. The van der Waals surface area contributed by atoms with E-state index in [2.05, 4.69) is 10.1 Å². The van der Waals surface area contributed by atoms with Crippen molar-refractivity contribution in [3.8, 4) is 6.07 Å². The lowest BCUT2D eigenvalue weighted by molar-refractivity contribution is -0.121. The molecule has 1 aromatic heterocycles. The lowest BCUT2D eigenvalue weighted by Crippen LogP contribution is -2.37. The Morgan fingerprint density at radius 3 is 2.76 bits per heavy atom. The van der Waals surface area contributed by atoms with E-state index < -0.39 is 0 Å². The van der Waals surface area contributed by atoms with Crippen LogP contribution >= 0.6 is 0 Å². The van der Waals surface area contributed by atoms with E-state index in [1.807, 2.05) is 36.4 Å². The monoisotopic (exact) mass is 278 g/mol. The van der Waals surface area contributed by atoms with Crippen LogP contribution in [-0.2, 0) is 9.53 Å². The van der Waals surface area contributed by atoms with Gasteiger partial charge in [-0.2, -0.15) is 10.3 Å². The first-order valence-corrected chi connectivity index (χ1v) is 6.24. The summed E-state index contributed by atoms with van der Waals surface area (Å²) in [6, 6.07) is 14.5. The van der Waals surface area contributed by atoms with Crippen LogP contribution in [0.5, 0.6) is 0 Å². The molecule has 0 aliphatic carbocycles. The van der Waals surface area contributed by atoms with Gasteiger partial charge >= 0.3 is 0 Å². The lowest BCUT2D eigenvalue weighted by Gasteiger charge is -2.23. The topological polar surface area (TPSA) is 78.6 Å².